The highest BCUT2D eigenvalue weighted by atomic mass is 16.5. The molecule has 0 aliphatic heterocycles. The second kappa shape index (κ2) is 7.67. The van der Waals surface area contributed by atoms with Gasteiger partial charge in [-0.2, -0.15) is 0 Å². The van der Waals surface area contributed by atoms with Gasteiger partial charge < -0.3 is 15.2 Å². The van der Waals surface area contributed by atoms with Gasteiger partial charge in [0, 0.05) is 12.6 Å². The average Bonchev–Trinajstić information content (AvgIpc) is 2.27. The van der Waals surface area contributed by atoms with Crippen LogP contribution in [0.25, 0.3) is 0 Å². The van der Waals surface area contributed by atoms with Crippen molar-refractivity contribution >= 4 is 5.97 Å². The van der Waals surface area contributed by atoms with Gasteiger partial charge in [-0.3, -0.25) is 4.79 Å². The molecule has 3 unspecified atom stereocenters. The molecule has 0 heterocycles. The van der Waals surface area contributed by atoms with E-state index in [0.29, 0.717) is 19.2 Å². The van der Waals surface area contributed by atoms with Crippen molar-refractivity contribution in [1.82, 2.24) is 5.32 Å². The van der Waals surface area contributed by atoms with Crippen molar-refractivity contribution in [2.45, 2.75) is 58.1 Å². The molecule has 0 spiro atoms. The highest BCUT2D eigenvalue weighted by molar-refractivity contribution is 5.69. The minimum absolute atomic E-state index is 0.0864. The summed E-state index contributed by atoms with van der Waals surface area (Å²) in [6.07, 6.45) is 4.37. The van der Waals surface area contributed by atoms with Gasteiger partial charge in [0.1, 0.15) is 0 Å². The molecule has 2 N–H and O–H groups in total. The molecule has 0 aromatic rings. The molecule has 0 bridgehead atoms. The third-order valence-corrected chi connectivity index (χ3v) is 3.29. The number of ether oxygens (including phenoxy) is 1. The van der Waals surface area contributed by atoms with Crippen molar-refractivity contribution in [3.63, 3.8) is 0 Å². The Balaban J connectivity index is 2.14. The number of carbonyl (C=O) groups is 1. The lowest BCUT2D eigenvalue weighted by Gasteiger charge is -2.28. The Kier molecular flexibility index (Phi) is 6.52. The van der Waals surface area contributed by atoms with Crippen LogP contribution >= 0.6 is 0 Å². The highest BCUT2D eigenvalue weighted by Crippen LogP contribution is 2.23. The summed E-state index contributed by atoms with van der Waals surface area (Å²) >= 11 is 0. The van der Waals surface area contributed by atoms with Gasteiger partial charge in [-0.1, -0.05) is 19.8 Å². The van der Waals surface area contributed by atoms with Crippen molar-refractivity contribution in [3.8, 4) is 0 Å². The number of aliphatic hydroxyl groups excluding tert-OH is 1. The fourth-order valence-corrected chi connectivity index (χ4v) is 2.41. The molecule has 17 heavy (non-hydrogen) atoms. The summed E-state index contributed by atoms with van der Waals surface area (Å²) in [7, 11) is 0. The van der Waals surface area contributed by atoms with Gasteiger partial charge in [0.25, 0.3) is 0 Å². The molecule has 0 aromatic heterocycles. The summed E-state index contributed by atoms with van der Waals surface area (Å²) < 4.78 is 4.79. The van der Waals surface area contributed by atoms with Crippen molar-refractivity contribution in [3.05, 3.63) is 0 Å². The van der Waals surface area contributed by atoms with Gasteiger partial charge in [0.2, 0.25) is 0 Å². The molecule has 1 rings (SSSR count). The molecule has 0 saturated heterocycles. The van der Waals surface area contributed by atoms with E-state index in [0.717, 1.165) is 5.92 Å². The summed E-state index contributed by atoms with van der Waals surface area (Å²) in [6.45, 7) is 4.89. The monoisotopic (exact) mass is 243 g/mol. The normalized spacial score (nSPS) is 26.5. The Labute approximate surface area is 104 Å². The van der Waals surface area contributed by atoms with Crippen LogP contribution in [0.2, 0.25) is 0 Å². The summed E-state index contributed by atoms with van der Waals surface area (Å²) in [6, 6.07) is 0.496. The van der Waals surface area contributed by atoms with E-state index in [9.17, 15) is 9.90 Å². The van der Waals surface area contributed by atoms with Gasteiger partial charge in [-0.15, -0.1) is 0 Å². The third-order valence-electron chi connectivity index (χ3n) is 3.29. The fraction of sp³-hybridized carbons (Fsp3) is 0.923. The van der Waals surface area contributed by atoms with Gasteiger partial charge in [0.05, 0.1) is 19.1 Å². The van der Waals surface area contributed by atoms with E-state index in [1.54, 1.807) is 6.92 Å². The van der Waals surface area contributed by atoms with Crippen LogP contribution in [-0.2, 0) is 9.53 Å². The molecule has 0 amide bonds. The Bertz CT molecular complexity index is 233. The zero-order valence-electron chi connectivity index (χ0n) is 10.9. The molecule has 4 heteroatoms. The lowest BCUT2D eigenvalue weighted by Crippen LogP contribution is -2.39. The second-order valence-electron chi connectivity index (χ2n) is 5.04. The van der Waals surface area contributed by atoms with Crippen LogP contribution in [-0.4, -0.2) is 36.4 Å². The standard InChI is InChI=1S/C13H25NO3/c1-3-17-13(16)8-12(15)9-14-11-6-4-5-10(2)7-11/h10-12,14-15H,3-9H2,1-2H3. The second-order valence-corrected chi connectivity index (χ2v) is 5.04. The first-order chi connectivity index (χ1) is 8.11. The highest BCUT2D eigenvalue weighted by Gasteiger charge is 2.19. The summed E-state index contributed by atoms with van der Waals surface area (Å²) in [5.74, 6) is 0.447. The minimum Gasteiger partial charge on any atom is -0.466 e. The topological polar surface area (TPSA) is 58.6 Å². The average molecular weight is 243 g/mol. The molecule has 100 valence electrons. The maximum absolute atomic E-state index is 11.1. The number of rotatable bonds is 6. The summed E-state index contributed by atoms with van der Waals surface area (Å²) in [5.41, 5.74) is 0. The summed E-state index contributed by atoms with van der Waals surface area (Å²) in [5, 5.41) is 13.0. The molecule has 0 aromatic carbocycles. The SMILES string of the molecule is CCOC(=O)CC(O)CNC1CCCC(C)C1. The van der Waals surface area contributed by atoms with Crippen LogP contribution in [0.15, 0.2) is 0 Å². The van der Waals surface area contributed by atoms with Crippen LogP contribution in [0, 0.1) is 5.92 Å². The van der Waals surface area contributed by atoms with Gasteiger partial charge >= 0.3 is 5.97 Å². The number of hydrogen-bond acceptors (Lipinski definition) is 4. The first-order valence-corrected chi connectivity index (χ1v) is 6.68. The van der Waals surface area contributed by atoms with Gasteiger partial charge in [-0.05, 0) is 25.7 Å². The first kappa shape index (κ1) is 14.5. The predicted molar refractivity (Wildman–Crippen MR) is 66.7 cm³/mol. The van der Waals surface area contributed by atoms with E-state index in [-0.39, 0.29) is 12.4 Å². The van der Waals surface area contributed by atoms with E-state index in [4.69, 9.17) is 4.74 Å². The van der Waals surface area contributed by atoms with Crippen LogP contribution in [0.4, 0.5) is 0 Å². The molecular formula is C13H25NO3. The van der Waals surface area contributed by atoms with Crippen molar-refractivity contribution in [2.24, 2.45) is 5.92 Å². The smallest absolute Gasteiger partial charge is 0.308 e. The molecule has 0 radical (unpaired) electrons. The largest absolute Gasteiger partial charge is 0.466 e. The van der Waals surface area contributed by atoms with Gasteiger partial charge in [-0.25, -0.2) is 0 Å². The zero-order chi connectivity index (χ0) is 12.7. The molecule has 4 nitrogen and oxygen atoms in total. The zero-order valence-corrected chi connectivity index (χ0v) is 10.9. The molecule has 1 saturated carbocycles. The Morgan fingerprint density at radius 2 is 2.29 bits per heavy atom. The lowest BCUT2D eigenvalue weighted by atomic mass is 9.87. The number of nitrogens with one attached hydrogen (secondary N) is 1. The minimum atomic E-state index is -0.633. The van der Waals surface area contributed by atoms with Gasteiger partial charge in [0.15, 0.2) is 0 Å². The van der Waals surface area contributed by atoms with E-state index in [2.05, 4.69) is 12.2 Å². The molecule has 1 fully saturated rings. The third kappa shape index (κ3) is 6.03. The Hall–Kier alpha value is -0.610. The molecule has 3 atom stereocenters. The Morgan fingerprint density at radius 3 is 2.94 bits per heavy atom. The molecule has 1 aliphatic carbocycles. The quantitative estimate of drug-likeness (QED) is 0.694. The van der Waals surface area contributed by atoms with E-state index >= 15 is 0 Å². The van der Waals surface area contributed by atoms with E-state index in [1.165, 1.54) is 25.7 Å². The number of hydrogen-bond donors (Lipinski definition) is 2. The van der Waals surface area contributed by atoms with Crippen LogP contribution < -0.4 is 5.32 Å². The van der Waals surface area contributed by atoms with Crippen molar-refractivity contribution in [1.29, 1.82) is 0 Å². The van der Waals surface area contributed by atoms with Crippen molar-refractivity contribution < 1.29 is 14.6 Å². The van der Waals surface area contributed by atoms with E-state index < -0.39 is 6.10 Å². The molecule has 1 aliphatic rings. The van der Waals surface area contributed by atoms with Crippen LogP contribution in [0.3, 0.4) is 0 Å². The Morgan fingerprint density at radius 1 is 1.53 bits per heavy atom. The van der Waals surface area contributed by atoms with E-state index in [1.807, 2.05) is 0 Å². The number of aliphatic hydroxyl groups is 1. The maximum atomic E-state index is 11.1. The predicted octanol–water partition coefficient (Wildman–Crippen LogP) is 1.47. The lowest BCUT2D eigenvalue weighted by molar-refractivity contribution is -0.145. The fourth-order valence-electron chi connectivity index (χ4n) is 2.41. The first-order valence-electron chi connectivity index (χ1n) is 6.68. The van der Waals surface area contributed by atoms with Crippen LogP contribution in [0.5, 0.6) is 0 Å². The summed E-state index contributed by atoms with van der Waals surface area (Å²) in [4.78, 5) is 11.1. The van der Waals surface area contributed by atoms with Crippen molar-refractivity contribution in [2.75, 3.05) is 13.2 Å². The molecular weight excluding hydrogens is 218 g/mol. The maximum Gasteiger partial charge on any atom is 0.308 e. The van der Waals surface area contributed by atoms with Crippen LogP contribution in [0.1, 0.15) is 46.0 Å². The number of esters is 1. The number of carbonyl (C=O) groups excluding carboxylic acids is 1.